The van der Waals surface area contributed by atoms with E-state index in [1.165, 1.54) is 0 Å². The Hall–Kier alpha value is -0.870. The van der Waals surface area contributed by atoms with Gasteiger partial charge in [-0.05, 0) is 13.3 Å². The monoisotopic (exact) mass is 198 g/mol. The molecule has 1 N–H and O–H groups in total. The summed E-state index contributed by atoms with van der Waals surface area (Å²) < 4.78 is 7.02. The van der Waals surface area contributed by atoms with Crippen molar-refractivity contribution < 1.29 is 9.84 Å². The Kier molecular flexibility index (Phi) is 4.10. The van der Waals surface area contributed by atoms with Crippen LogP contribution in [0, 0.1) is 0 Å². The Balaban J connectivity index is 2.77. The summed E-state index contributed by atoms with van der Waals surface area (Å²) in [6.45, 7) is 4.80. The van der Waals surface area contributed by atoms with E-state index >= 15 is 0 Å². The van der Waals surface area contributed by atoms with Crippen LogP contribution in [-0.4, -0.2) is 27.9 Å². The van der Waals surface area contributed by atoms with Crippen molar-refractivity contribution in [1.29, 1.82) is 0 Å². The van der Waals surface area contributed by atoms with E-state index in [1.54, 1.807) is 13.3 Å². The van der Waals surface area contributed by atoms with Gasteiger partial charge in [-0.1, -0.05) is 6.92 Å². The summed E-state index contributed by atoms with van der Waals surface area (Å²) in [5.41, 5.74) is 0. The number of methoxy groups -OCH3 is 1. The standard InChI is InChI=1S/C10H18N2O2/c1-4-6-12-7-5-11-10(12)9(13)8(2)14-3/h5,7-9,13H,4,6H2,1-3H3. The fraction of sp³-hybridized carbons (Fsp3) is 0.700. The Labute approximate surface area is 84.5 Å². The van der Waals surface area contributed by atoms with Crippen molar-refractivity contribution in [2.75, 3.05) is 7.11 Å². The minimum atomic E-state index is -0.651. The zero-order valence-corrected chi connectivity index (χ0v) is 8.97. The normalized spacial score (nSPS) is 15.4. The van der Waals surface area contributed by atoms with E-state index in [0.29, 0.717) is 5.82 Å². The van der Waals surface area contributed by atoms with Crippen LogP contribution in [0.4, 0.5) is 0 Å². The lowest BCUT2D eigenvalue weighted by atomic mass is 10.2. The molecule has 0 aromatic carbocycles. The predicted octanol–water partition coefficient (Wildman–Crippen LogP) is 1.36. The molecule has 1 heterocycles. The quantitative estimate of drug-likeness (QED) is 0.777. The molecule has 0 aliphatic carbocycles. The van der Waals surface area contributed by atoms with Gasteiger partial charge in [-0.15, -0.1) is 0 Å². The summed E-state index contributed by atoms with van der Waals surface area (Å²) in [5, 5.41) is 9.88. The molecule has 2 unspecified atom stereocenters. The number of hydrogen-bond acceptors (Lipinski definition) is 3. The zero-order chi connectivity index (χ0) is 10.6. The molecule has 0 amide bonds. The third-order valence-electron chi connectivity index (χ3n) is 2.29. The summed E-state index contributed by atoms with van der Waals surface area (Å²) in [7, 11) is 1.58. The third-order valence-corrected chi connectivity index (χ3v) is 2.29. The molecule has 1 aromatic heterocycles. The van der Waals surface area contributed by atoms with Gasteiger partial charge in [-0.25, -0.2) is 4.98 Å². The molecule has 4 nitrogen and oxygen atoms in total. The molecule has 0 aliphatic rings. The number of hydrogen-bond donors (Lipinski definition) is 1. The van der Waals surface area contributed by atoms with Crippen LogP contribution < -0.4 is 0 Å². The summed E-state index contributed by atoms with van der Waals surface area (Å²) in [4.78, 5) is 4.14. The molecule has 0 saturated heterocycles. The third kappa shape index (κ3) is 2.33. The van der Waals surface area contributed by atoms with Gasteiger partial charge in [0.05, 0.1) is 6.10 Å². The second-order valence-corrected chi connectivity index (χ2v) is 3.36. The fourth-order valence-corrected chi connectivity index (χ4v) is 1.36. The Morgan fingerprint density at radius 3 is 2.93 bits per heavy atom. The SMILES string of the molecule is CCCn1ccnc1C(O)C(C)OC. The maximum Gasteiger partial charge on any atom is 0.140 e. The lowest BCUT2D eigenvalue weighted by Gasteiger charge is -2.17. The second-order valence-electron chi connectivity index (χ2n) is 3.36. The average Bonchev–Trinajstić information content (AvgIpc) is 2.64. The van der Waals surface area contributed by atoms with Crippen molar-refractivity contribution in [3.8, 4) is 0 Å². The van der Waals surface area contributed by atoms with Crippen LogP contribution in [0.3, 0.4) is 0 Å². The van der Waals surface area contributed by atoms with Crippen molar-refractivity contribution in [1.82, 2.24) is 9.55 Å². The number of imidazole rings is 1. The molecular weight excluding hydrogens is 180 g/mol. The maximum atomic E-state index is 9.88. The Morgan fingerprint density at radius 2 is 2.36 bits per heavy atom. The first-order valence-corrected chi connectivity index (χ1v) is 4.92. The molecule has 1 aromatic rings. The van der Waals surface area contributed by atoms with E-state index in [2.05, 4.69) is 11.9 Å². The largest absolute Gasteiger partial charge is 0.382 e. The first-order valence-electron chi connectivity index (χ1n) is 4.92. The van der Waals surface area contributed by atoms with E-state index in [-0.39, 0.29) is 6.10 Å². The summed E-state index contributed by atoms with van der Waals surface area (Å²) in [6, 6.07) is 0. The molecule has 0 spiro atoms. The van der Waals surface area contributed by atoms with Gasteiger partial charge in [0, 0.05) is 26.0 Å². The van der Waals surface area contributed by atoms with Crippen LogP contribution in [0.2, 0.25) is 0 Å². The number of nitrogens with zero attached hydrogens (tertiary/aromatic N) is 2. The Bertz CT molecular complexity index is 273. The molecule has 0 bridgehead atoms. The molecular formula is C10H18N2O2. The number of aromatic nitrogens is 2. The lowest BCUT2D eigenvalue weighted by molar-refractivity contribution is -0.00768. The van der Waals surface area contributed by atoms with Crippen molar-refractivity contribution in [3.05, 3.63) is 18.2 Å². The molecule has 0 radical (unpaired) electrons. The van der Waals surface area contributed by atoms with Crippen LogP contribution in [0.15, 0.2) is 12.4 Å². The fourth-order valence-electron chi connectivity index (χ4n) is 1.36. The van der Waals surface area contributed by atoms with E-state index in [9.17, 15) is 5.11 Å². The smallest absolute Gasteiger partial charge is 0.140 e. The van der Waals surface area contributed by atoms with Gasteiger partial charge in [0.15, 0.2) is 0 Å². The van der Waals surface area contributed by atoms with Gasteiger partial charge < -0.3 is 14.4 Å². The molecule has 0 saturated carbocycles. The number of aliphatic hydroxyl groups is 1. The second kappa shape index (κ2) is 5.12. The maximum absolute atomic E-state index is 9.88. The van der Waals surface area contributed by atoms with Gasteiger partial charge in [0.1, 0.15) is 11.9 Å². The average molecular weight is 198 g/mol. The first-order chi connectivity index (χ1) is 6.70. The highest BCUT2D eigenvalue weighted by molar-refractivity contribution is 4.98. The molecule has 14 heavy (non-hydrogen) atoms. The Morgan fingerprint density at radius 1 is 1.64 bits per heavy atom. The van der Waals surface area contributed by atoms with Gasteiger partial charge in [0.25, 0.3) is 0 Å². The van der Waals surface area contributed by atoms with E-state index < -0.39 is 6.10 Å². The van der Waals surface area contributed by atoms with Crippen LogP contribution in [-0.2, 0) is 11.3 Å². The van der Waals surface area contributed by atoms with Gasteiger partial charge in [-0.3, -0.25) is 0 Å². The number of rotatable bonds is 5. The summed E-state index contributed by atoms with van der Waals surface area (Å²) >= 11 is 0. The summed E-state index contributed by atoms with van der Waals surface area (Å²) in [6.07, 6.45) is 3.73. The van der Waals surface area contributed by atoms with Gasteiger partial charge in [0.2, 0.25) is 0 Å². The van der Waals surface area contributed by atoms with Crippen LogP contribution >= 0.6 is 0 Å². The van der Waals surface area contributed by atoms with Crippen molar-refractivity contribution in [2.24, 2.45) is 0 Å². The lowest BCUT2D eigenvalue weighted by Crippen LogP contribution is -2.20. The zero-order valence-electron chi connectivity index (χ0n) is 8.97. The minimum Gasteiger partial charge on any atom is -0.382 e. The topological polar surface area (TPSA) is 47.3 Å². The van der Waals surface area contributed by atoms with Crippen molar-refractivity contribution in [2.45, 2.75) is 39.0 Å². The van der Waals surface area contributed by atoms with Crippen LogP contribution in [0.5, 0.6) is 0 Å². The number of ether oxygens (including phenoxy) is 1. The first kappa shape index (κ1) is 11.2. The van der Waals surface area contributed by atoms with Crippen molar-refractivity contribution >= 4 is 0 Å². The molecule has 2 atom stereocenters. The molecule has 1 rings (SSSR count). The van der Waals surface area contributed by atoms with E-state index in [0.717, 1.165) is 13.0 Å². The van der Waals surface area contributed by atoms with Gasteiger partial charge in [-0.2, -0.15) is 0 Å². The minimum absolute atomic E-state index is 0.229. The number of aliphatic hydroxyl groups excluding tert-OH is 1. The number of aryl methyl sites for hydroxylation is 1. The van der Waals surface area contributed by atoms with Gasteiger partial charge >= 0.3 is 0 Å². The highest BCUT2D eigenvalue weighted by Crippen LogP contribution is 2.16. The molecule has 4 heteroatoms. The van der Waals surface area contributed by atoms with Crippen molar-refractivity contribution in [3.63, 3.8) is 0 Å². The van der Waals surface area contributed by atoms with Crippen LogP contribution in [0.25, 0.3) is 0 Å². The van der Waals surface area contributed by atoms with E-state index in [4.69, 9.17) is 4.74 Å². The highest BCUT2D eigenvalue weighted by Gasteiger charge is 2.20. The molecule has 0 aliphatic heterocycles. The molecule has 80 valence electrons. The predicted molar refractivity (Wildman–Crippen MR) is 53.9 cm³/mol. The molecule has 0 fully saturated rings. The van der Waals surface area contributed by atoms with Crippen LogP contribution in [0.1, 0.15) is 32.2 Å². The summed E-state index contributed by atoms with van der Waals surface area (Å²) in [5.74, 6) is 0.682. The highest BCUT2D eigenvalue weighted by atomic mass is 16.5. The van der Waals surface area contributed by atoms with E-state index in [1.807, 2.05) is 17.7 Å².